The maximum absolute atomic E-state index is 12.2. The maximum atomic E-state index is 12.2. The highest BCUT2D eigenvalue weighted by Crippen LogP contribution is 2.15. The predicted octanol–water partition coefficient (Wildman–Crippen LogP) is 2.72. The van der Waals surface area contributed by atoms with Gasteiger partial charge in [-0.05, 0) is 32.4 Å². The van der Waals surface area contributed by atoms with Crippen LogP contribution in [0.5, 0.6) is 0 Å². The third-order valence-corrected chi connectivity index (χ3v) is 3.06. The van der Waals surface area contributed by atoms with Crippen LogP contribution in [-0.2, 0) is 4.74 Å². The lowest BCUT2D eigenvalue weighted by Crippen LogP contribution is -2.40. The molecule has 0 spiro atoms. The highest BCUT2D eigenvalue weighted by Gasteiger charge is 2.28. The van der Waals surface area contributed by atoms with Crippen molar-refractivity contribution in [2.75, 3.05) is 53.5 Å². The van der Waals surface area contributed by atoms with Crippen LogP contribution in [0.4, 0.5) is 13.2 Å². The molecular weight excluding hydrogens is 436 g/mol. The van der Waals surface area contributed by atoms with Gasteiger partial charge in [0.15, 0.2) is 5.96 Å². The van der Waals surface area contributed by atoms with E-state index in [1.54, 1.807) is 7.05 Å². The summed E-state index contributed by atoms with van der Waals surface area (Å²) in [4.78, 5) is 5.32. The number of nitrogens with zero attached hydrogens (tertiary/aromatic N) is 2. The quantitative estimate of drug-likeness (QED) is 0.212. The molecule has 0 unspecified atom stereocenters. The summed E-state index contributed by atoms with van der Waals surface area (Å²) >= 11 is 0. The van der Waals surface area contributed by atoms with Crippen LogP contribution in [0, 0.1) is 5.92 Å². The van der Waals surface area contributed by atoms with Crippen LogP contribution in [0.1, 0.15) is 26.7 Å². The largest absolute Gasteiger partial charge is 0.401 e. The molecule has 2 N–H and O–H groups in total. The molecular formula is C15H32F3IN4O. The second-order valence-corrected chi connectivity index (χ2v) is 5.93. The van der Waals surface area contributed by atoms with Crippen molar-refractivity contribution in [3.63, 3.8) is 0 Å². The zero-order valence-corrected chi connectivity index (χ0v) is 17.4. The maximum Gasteiger partial charge on any atom is 0.401 e. The summed E-state index contributed by atoms with van der Waals surface area (Å²) in [6, 6.07) is 0. The summed E-state index contributed by atoms with van der Waals surface area (Å²) in [6.45, 7) is 6.36. The van der Waals surface area contributed by atoms with Crippen LogP contribution < -0.4 is 10.6 Å². The number of nitrogens with one attached hydrogen (secondary N) is 2. The number of aliphatic imine (C=N–C) groups is 1. The van der Waals surface area contributed by atoms with Crippen molar-refractivity contribution < 1.29 is 17.9 Å². The Balaban J connectivity index is 0. The smallest absolute Gasteiger partial charge is 0.380 e. The lowest BCUT2D eigenvalue weighted by Gasteiger charge is -2.19. The fourth-order valence-corrected chi connectivity index (χ4v) is 1.82. The Morgan fingerprint density at radius 3 is 2.33 bits per heavy atom. The van der Waals surface area contributed by atoms with Gasteiger partial charge in [-0.25, -0.2) is 0 Å². The number of rotatable bonds is 11. The van der Waals surface area contributed by atoms with E-state index in [2.05, 4.69) is 29.5 Å². The van der Waals surface area contributed by atoms with E-state index in [0.29, 0.717) is 44.5 Å². The van der Waals surface area contributed by atoms with Gasteiger partial charge in [-0.15, -0.1) is 24.0 Å². The van der Waals surface area contributed by atoms with Crippen LogP contribution >= 0.6 is 24.0 Å². The van der Waals surface area contributed by atoms with Crippen LogP contribution in [0.2, 0.25) is 0 Å². The summed E-state index contributed by atoms with van der Waals surface area (Å²) in [5, 5.41) is 6.18. The minimum atomic E-state index is -4.14. The Labute approximate surface area is 160 Å². The number of ether oxygens (including phenoxy) is 1. The van der Waals surface area contributed by atoms with Crippen LogP contribution in [0.25, 0.3) is 0 Å². The van der Waals surface area contributed by atoms with Crippen molar-refractivity contribution in [3.8, 4) is 0 Å². The summed E-state index contributed by atoms with van der Waals surface area (Å²) in [5.41, 5.74) is 0. The Morgan fingerprint density at radius 2 is 1.79 bits per heavy atom. The third-order valence-electron chi connectivity index (χ3n) is 3.06. The first-order valence-electron chi connectivity index (χ1n) is 8.02. The molecule has 0 atom stereocenters. The standard InChI is InChI=1S/C15H31F3N4O.HI/c1-13(2)6-10-23-11-8-21-14(19-3)20-7-5-9-22(4)12-15(16,17)18;/h13H,5-12H2,1-4H3,(H2,19,20,21);1H. The van der Waals surface area contributed by atoms with Crippen molar-refractivity contribution >= 4 is 29.9 Å². The number of hydrogen-bond donors (Lipinski definition) is 2. The van der Waals surface area contributed by atoms with E-state index in [1.807, 2.05) is 0 Å². The van der Waals surface area contributed by atoms with Crippen molar-refractivity contribution in [3.05, 3.63) is 0 Å². The summed E-state index contributed by atoms with van der Waals surface area (Å²) in [7, 11) is 3.12. The molecule has 0 aromatic carbocycles. The monoisotopic (exact) mass is 468 g/mol. The van der Waals surface area contributed by atoms with Crippen LogP contribution in [0.3, 0.4) is 0 Å². The van der Waals surface area contributed by atoms with E-state index in [-0.39, 0.29) is 24.0 Å². The zero-order valence-electron chi connectivity index (χ0n) is 15.1. The first-order chi connectivity index (χ1) is 10.7. The van der Waals surface area contributed by atoms with Crippen molar-refractivity contribution in [1.82, 2.24) is 15.5 Å². The fraction of sp³-hybridized carbons (Fsp3) is 0.933. The normalized spacial score (nSPS) is 12.5. The zero-order chi connectivity index (χ0) is 17.7. The summed E-state index contributed by atoms with van der Waals surface area (Å²) < 4.78 is 42.0. The van der Waals surface area contributed by atoms with Gasteiger partial charge >= 0.3 is 6.18 Å². The van der Waals surface area contributed by atoms with Gasteiger partial charge in [0.2, 0.25) is 0 Å². The molecule has 0 aromatic heterocycles. The fourth-order valence-electron chi connectivity index (χ4n) is 1.82. The molecule has 0 bridgehead atoms. The van der Waals surface area contributed by atoms with E-state index in [1.165, 1.54) is 11.9 Å². The van der Waals surface area contributed by atoms with Gasteiger partial charge in [0, 0.05) is 26.7 Å². The van der Waals surface area contributed by atoms with Crippen molar-refractivity contribution in [1.29, 1.82) is 0 Å². The second kappa shape index (κ2) is 15.0. The molecule has 0 aromatic rings. The molecule has 0 aliphatic rings. The molecule has 0 aliphatic heterocycles. The molecule has 0 heterocycles. The lowest BCUT2D eigenvalue weighted by atomic mass is 10.1. The average Bonchev–Trinajstić information content (AvgIpc) is 2.42. The second-order valence-electron chi connectivity index (χ2n) is 5.93. The molecule has 0 radical (unpaired) electrons. The molecule has 0 aliphatic carbocycles. The number of halogens is 4. The SMILES string of the molecule is CN=C(NCCCN(C)CC(F)(F)F)NCCOCCC(C)C.I. The summed E-state index contributed by atoms with van der Waals surface area (Å²) in [6.07, 6.45) is -2.49. The Hall–Kier alpha value is -0.290. The van der Waals surface area contributed by atoms with E-state index >= 15 is 0 Å². The first kappa shape index (κ1) is 25.9. The van der Waals surface area contributed by atoms with Gasteiger partial charge in [0.25, 0.3) is 0 Å². The van der Waals surface area contributed by atoms with E-state index in [4.69, 9.17) is 4.74 Å². The molecule has 24 heavy (non-hydrogen) atoms. The summed E-state index contributed by atoms with van der Waals surface area (Å²) in [5.74, 6) is 1.27. The number of guanidine groups is 1. The topological polar surface area (TPSA) is 48.9 Å². The lowest BCUT2D eigenvalue weighted by molar-refractivity contribution is -0.143. The highest BCUT2D eigenvalue weighted by molar-refractivity contribution is 14.0. The van der Waals surface area contributed by atoms with Gasteiger partial charge in [0.05, 0.1) is 13.2 Å². The highest BCUT2D eigenvalue weighted by atomic mass is 127. The minimum absolute atomic E-state index is 0. The number of alkyl halides is 3. The van der Waals surface area contributed by atoms with Crippen molar-refractivity contribution in [2.24, 2.45) is 10.9 Å². The Morgan fingerprint density at radius 1 is 1.17 bits per heavy atom. The van der Waals surface area contributed by atoms with Crippen LogP contribution in [-0.4, -0.2) is 70.5 Å². The third kappa shape index (κ3) is 18.1. The van der Waals surface area contributed by atoms with Gasteiger partial charge in [-0.1, -0.05) is 13.8 Å². The van der Waals surface area contributed by atoms with Crippen molar-refractivity contribution in [2.45, 2.75) is 32.9 Å². The predicted molar refractivity (Wildman–Crippen MR) is 103 cm³/mol. The molecule has 0 fully saturated rings. The van der Waals surface area contributed by atoms with E-state index in [0.717, 1.165) is 13.0 Å². The molecule has 0 saturated heterocycles. The van der Waals surface area contributed by atoms with E-state index < -0.39 is 12.7 Å². The Bertz CT molecular complexity index is 328. The molecule has 146 valence electrons. The molecule has 5 nitrogen and oxygen atoms in total. The molecule has 0 rings (SSSR count). The minimum Gasteiger partial charge on any atom is -0.380 e. The van der Waals surface area contributed by atoms with E-state index in [9.17, 15) is 13.2 Å². The average molecular weight is 468 g/mol. The molecule has 9 heteroatoms. The van der Waals surface area contributed by atoms with Gasteiger partial charge < -0.3 is 15.4 Å². The molecule has 0 saturated carbocycles. The number of hydrogen-bond acceptors (Lipinski definition) is 3. The Kier molecular flexibility index (Phi) is 16.2. The molecule has 0 amide bonds. The van der Waals surface area contributed by atoms with Gasteiger partial charge in [0.1, 0.15) is 0 Å². The van der Waals surface area contributed by atoms with Gasteiger partial charge in [-0.2, -0.15) is 13.2 Å². The van der Waals surface area contributed by atoms with Gasteiger partial charge in [-0.3, -0.25) is 9.89 Å². The first-order valence-corrected chi connectivity index (χ1v) is 8.02. The van der Waals surface area contributed by atoms with Crippen LogP contribution in [0.15, 0.2) is 4.99 Å².